The molecule has 0 spiro atoms. The summed E-state index contributed by atoms with van der Waals surface area (Å²) in [6.07, 6.45) is -5.53. The molecule has 0 saturated heterocycles. The third kappa shape index (κ3) is 6.24. The molecule has 0 aliphatic rings. The van der Waals surface area contributed by atoms with Crippen molar-refractivity contribution in [3.63, 3.8) is 0 Å². The van der Waals surface area contributed by atoms with Crippen LogP contribution in [-0.2, 0) is 12.8 Å². The summed E-state index contributed by atoms with van der Waals surface area (Å²) in [7, 11) is 0. The molecule has 0 aromatic heterocycles. The van der Waals surface area contributed by atoms with Crippen molar-refractivity contribution in [2.75, 3.05) is 11.9 Å². The Labute approximate surface area is 198 Å². The molecule has 0 fully saturated rings. The molecule has 0 unspecified atom stereocenters. The van der Waals surface area contributed by atoms with Crippen molar-refractivity contribution in [2.24, 2.45) is 0 Å². The summed E-state index contributed by atoms with van der Waals surface area (Å²) >= 11 is 0. The summed E-state index contributed by atoms with van der Waals surface area (Å²) in [5, 5.41) is 33.3. The van der Waals surface area contributed by atoms with Crippen molar-refractivity contribution in [1.29, 1.82) is 0 Å². The number of carbonyl (C=O) groups is 1. The molecular weight excluding hydrogens is 465 g/mol. The van der Waals surface area contributed by atoms with Crippen molar-refractivity contribution in [2.45, 2.75) is 19.0 Å². The van der Waals surface area contributed by atoms with E-state index < -0.39 is 51.6 Å². The minimum atomic E-state index is -4.96. The lowest BCUT2D eigenvalue weighted by atomic mass is 9.96. The first-order chi connectivity index (χ1) is 16.6. The highest BCUT2D eigenvalue weighted by Crippen LogP contribution is 2.35. The van der Waals surface area contributed by atoms with Crippen LogP contribution in [0.1, 0.15) is 21.5 Å². The van der Waals surface area contributed by atoms with E-state index in [0.29, 0.717) is 5.56 Å². The minimum absolute atomic E-state index is 0.104. The van der Waals surface area contributed by atoms with Gasteiger partial charge in [0.25, 0.3) is 5.69 Å². The Bertz CT molecular complexity index is 1260. The number of non-ortho nitro benzene ring substituents is 1. The number of carbonyl (C=O) groups excluding carboxylic acids is 1. The van der Waals surface area contributed by atoms with Gasteiger partial charge in [-0.05, 0) is 29.7 Å². The molecule has 0 atom stereocenters. The van der Waals surface area contributed by atoms with Crippen molar-refractivity contribution in [1.82, 2.24) is 0 Å². The molecule has 0 aliphatic carbocycles. The van der Waals surface area contributed by atoms with Crippen molar-refractivity contribution < 1.29 is 33.1 Å². The lowest BCUT2D eigenvalue weighted by Crippen LogP contribution is -2.25. The molecule has 3 aromatic rings. The van der Waals surface area contributed by atoms with Gasteiger partial charge in [0.1, 0.15) is 5.75 Å². The highest BCUT2D eigenvalue weighted by Gasteiger charge is 2.39. The smallest absolute Gasteiger partial charge is 0.415 e. The summed E-state index contributed by atoms with van der Waals surface area (Å²) in [4.78, 5) is 23.8. The fourth-order valence-electron chi connectivity index (χ4n) is 3.47. The molecular formula is C25H21F3N2O5. The number of aromatic hydroxyl groups is 1. The predicted molar refractivity (Wildman–Crippen MR) is 123 cm³/mol. The SMILES string of the molecule is O=C(C(Nc1ccccc1CCO)=C(Cc1ccccc1)C(F)(F)F)c1cc([N+](=O)[O-])ccc1O. The fraction of sp³-hybridized carbons (Fsp3) is 0.160. The zero-order valence-corrected chi connectivity index (χ0v) is 18.2. The summed E-state index contributed by atoms with van der Waals surface area (Å²) in [5.74, 6) is -1.97. The van der Waals surface area contributed by atoms with Crippen LogP contribution in [0, 0.1) is 10.1 Å². The molecule has 7 nitrogen and oxygen atoms in total. The van der Waals surface area contributed by atoms with Gasteiger partial charge in [0.2, 0.25) is 5.78 Å². The third-order valence-corrected chi connectivity index (χ3v) is 5.19. The number of benzene rings is 3. The number of nitro groups is 1. The number of phenols is 1. The molecule has 3 aromatic carbocycles. The van der Waals surface area contributed by atoms with Crippen LogP contribution in [0.2, 0.25) is 0 Å². The fourth-order valence-corrected chi connectivity index (χ4v) is 3.47. The summed E-state index contributed by atoms with van der Waals surface area (Å²) in [6, 6.07) is 16.4. The highest BCUT2D eigenvalue weighted by atomic mass is 19.4. The topological polar surface area (TPSA) is 113 Å². The second kappa shape index (κ2) is 10.8. The van der Waals surface area contributed by atoms with Gasteiger partial charge in [-0.15, -0.1) is 0 Å². The van der Waals surface area contributed by atoms with E-state index in [1.54, 1.807) is 36.4 Å². The maximum atomic E-state index is 14.3. The first-order valence-corrected chi connectivity index (χ1v) is 10.4. The maximum absolute atomic E-state index is 14.3. The molecule has 0 amide bonds. The Kier molecular flexibility index (Phi) is 7.87. The monoisotopic (exact) mass is 486 g/mol. The van der Waals surface area contributed by atoms with Crippen LogP contribution < -0.4 is 5.32 Å². The predicted octanol–water partition coefficient (Wildman–Crippen LogP) is 5.19. The van der Waals surface area contributed by atoms with Gasteiger partial charge in [0.05, 0.1) is 21.8 Å². The Morgan fingerprint density at radius 3 is 2.29 bits per heavy atom. The second-order valence-electron chi connectivity index (χ2n) is 7.56. The van der Waals surface area contributed by atoms with E-state index in [9.17, 15) is 38.3 Å². The number of ketones is 1. The van der Waals surface area contributed by atoms with E-state index in [-0.39, 0.29) is 24.3 Å². The van der Waals surface area contributed by atoms with E-state index in [1.165, 1.54) is 18.2 Å². The van der Waals surface area contributed by atoms with Crippen LogP contribution in [-0.4, -0.2) is 33.7 Å². The van der Waals surface area contributed by atoms with Crippen LogP contribution >= 0.6 is 0 Å². The molecule has 0 heterocycles. The summed E-state index contributed by atoms with van der Waals surface area (Å²) in [5.41, 5.74) is -2.46. The Morgan fingerprint density at radius 1 is 1.00 bits per heavy atom. The first kappa shape index (κ1) is 25.4. The van der Waals surface area contributed by atoms with Gasteiger partial charge < -0.3 is 15.5 Å². The number of alkyl halides is 3. The number of nitrogens with one attached hydrogen (secondary N) is 1. The molecule has 0 aliphatic heterocycles. The molecule has 10 heteroatoms. The van der Waals surface area contributed by atoms with E-state index in [2.05, 4.69) is 5.32 Å². The number of hydrogen-bond acceptors (Lipinski definition) is 6. The number of allylic oxidation sites excluding steroid dienone is 2. The largest absolute Gasteiger partial charge is 0.507 e. The molecule has 0 saturated carbocycles. The van der Waals surface area contributed by atoms with Gasteiger partial charge >= 0.3 is 6.18 Å². The highest BCUT2D eigenvalue weighted by molar-refractivity contribution is 6.13. The lowest BCUT2D eigenvalue weighted by molar-refractivity contribution is -0.384. The zero-order valence-electron chi connectivity index (χ0n) is 18.2. The van der Waals surface area contributed by atoms with Gasteiger partial charge in [-0.2, -0.15) is 13.2 Å². The number of nitrogens with zero attached hydrogens (tertiary/aromatic N) is 1. The number of Topliss-reactive ketones (excluding diaryl/α,β-unsaturated/α-hetero) is 1. The van der Waals surface area contributed by atoms with E-state index in [4.69, 9.17) is 0 Å². The van der Waals surface area contributed by atoms with Crippen molar-refractivity contribution >= 4 is 17.2 Å². The van der Waals surface area contributed by atoms with Gasteiger partial charge in [-0.3, -0.25) is 14.9 Å². The third-order valence-electron chi connectivity index (χ3n) is 5.19. The normalized spacial score (nSPS) is 12.1. The number of aliphatic hydroxyl groups excluding tert-OH is 1. The number of nitro benzene ring substituents is 1. The van der Waals surface area contributed by atoms with Crippen LogP contribution in [0.4, 0.5) is 24.5 Å². The van der Waals surface area contributed by atoms with E-state index in [0.717, 1.165) is 18.2 Å². The summed E-state index contributed by atoms with van der Waals surface area (Å²) in [6.45, 7) is -0.284. The minimum Gasteiger partial charge on any atom is -0.507 e. The average Bonchev–Trinajstić information content (AvgIpc) is 2.82. The maximum Gasteiger partial charge on any atom is 0.415 e. The van der Waals surface area contributed by atoms with Gasteiger partial charge in [0, 0.05) is 30.8 Å². The number of para-hydroxylation sites is 1. The summed E-state index contributed by atoms with van der Waals surface area (Å²) < 4.78 is 43.0. The Balaban J connectivity index is 2.24. The first-order valence-electron chi connectivity index (χ1n) is 10.4. The van der Waals surface area contributed by atoms with Crippen LogP contribution in [0.25, 0.3) is 0 Å². The van der Waals surface area contributed by atoms with Crippen molar-refractivity contribution in [3.8, 4) is 5.75 Å². The molecule has 0 bridgehead atoms. The molecule has 3 N–H and O–H groups in total. The molecule has 35 heavy (non-hydrogen) atoms. The van der Waals surface area contributed by atoms with Crippen LogP contribution in [0.3, 0.4) is 0 Å². The number of hydrogen-bond donors (Lipinski definition) is 3. The van der Waals surface area contributed by atoms with Crippen molar-refractivity contribution in [3.05, 3.63) is 111 Å². The van der Waals surface area contributed by atoms with Gasteiger partial charge in [-0.25, -0.2) is 0 Å². The molecule has 0 radical (unpaired) electrons. The quantitative estimate of drug-likeness (QED) is 0.166. The second-order valence-corrected chi connectivity index (χ2v) is 7.56. The number of anilines is 1. The van der Waals surface area contributed by atoms with Crippen LogP contribution in [0.5, 0.6) is 5.75 Å². The number of halogens is 3. The molecule has 182 valence electrons. The number of aliphatic hydroxyl groups is 1. The zero-order chi connectivity index (χ0) is 25.6. The van der Waals surface area contributed by atoms with Crippen LogP contribution in [0.15, 0.2) is 84.1 Å². The molecule has 3 rings (SSSR count). The standard InChI is InChI=1S/C25H21F3N2O5/c26-25(27,28)20(14-16-6-2-1-3-7-16)23(29-21-9-5-4-8-17(21)12-13-31)24(33)19-15-18(30(34)35)10-11-22(19)32/h1-11,15,29,31-32H,12-14H2. The van der Waals surface area contributed by atoms with Gasteiger partial charge in [0.15, 0.2) is 0 Å². The van der Waals surface area contributed by atoms with E-state index >= 15 is 0 Å². The number of rotatable bonds is 9. The number of phenolic OH excluding ortho intramolecular Hbond substituents is 1. The lowest BCUT2D eigenvalue weighted by Gasteiger charge is -2.21. The average molecular weight is 486 g/mol. The van der Waals surface area contributed by atoms with Gasteiger partial charge in [-0.1, -0.05) is 48.5 Å². The van der Waals surface area contributed by atoms with E-state index in [1.807, 2.05) is 0 Å². The Hall–Kier alpha value is -4.18. The Morgan fingerprint density at radius 2 is 1.66 bits per heavy atom.